The summed E-state index contributed by atoms with van der Waals surface area (Å²) in [5.74, 6) is -2.95. The summed E-state index contributed by atoms with van der Waals surface area (Å²) in [6.45, 7) is 8.11. The van der Waals surface area contributed by atoms with Crippen LogP contribution in [0.25, 0.3) is 0 Å². The van der Waals surface area contributed by atoms with Gasteiger partial charge in [-0.15, -0.1) is 0 Å². The van der Waals surface area contributed by atoms with Crippen LogP contribution in [-0.2, 0) is 28.6 Å². The van der Waals surface area contributed by atoms with Crippen molar-refractivity contribution < 1.29 is 38.8 Å². The van der Waals surface area contributed by atoms with E-state index in [4.69, 9.17) is 25.7 Å². The van der Waals surface area contributed by atoms with Gasteiger partial charge in [-0.25, -0.2) is 9.59 Å². The van der Waals surface area contributed by atoms with Crippen LogP contribution in [0.3, 0.4) is 0 Å². The Morgan fingerprint density at radius 1 is 1.25 bits per heavy atom. The lowest BCUT2D eigenvalue weighted by molar-refractivity contribution is -0.170. The van der Waals surface area contributed by atoms with Gasteiger partial charge in [-0.1, -0.05) is 32.1 Å². The number of allylic oxidation sites excluding steroid dienone is 1. The molecule has 1 saturated heterocycles. The van der Waals surface area contributed by atoms with E-state index in [1.54, 1.807) is 33.0 Å². The molecule has 6 N–H and O–H groups in total. The highest BCUT2D eigenvalue weighted by molar-refractivity contribution is 5.87. The van der Waals surface area contributed by atoms with Crippen LogP contribution in [-0.4, -0.2) is 76.3 Å². The molecule has 0 amide bonds. The van der Waals surface area contributed by atoms with E-state index in [0.29, 0.717) is 5.57 Å². The highest BCUT2D eigenvalue weighted by Crippen LogP contribution is 2.32. The Kier molecular flexibility index (Phi) is 8.56. The number of hydrogen-bond donors (Lipinski definition) is 4. The summed E-state index contributed by atoms with van der Waals surface area (Å²) in [5, 5.41) is 19.2. The molecular formula is C21H31N3O8. The van der Waals surface area contributed by atoms with Gasteiger partial charge >= 0.3 is 17.9 Å². The number of aliphatic hydroxyl groups excluding tert-OH is 1. The molecule has 2 rings (SSSR count). The summed E-state index contributed by atoms with van der Waals surface area (Å²) in [6.07, 6.45) is 0.0664. The zero-order chi connectivity index (χ0) is 24.2. The minimum Gasteiger partial charge on any atom is -0.478 e. The van der Waals surface area contributed by atoms with Crippen molar-refractivity contribution in [3.05, 3.63) is 36.2 Å². The highest BCUT2D eigenvalue weighted by Gasteiger charge is 2.52. The van der Waals surface area contributed by atoms with Crippen molar-refractivity contribution in [2.24, 2.45) is 17.4 Å². The van der Waals surface area contributed by atoms with Gasteiger partial charge in [0.05, 0.1) is 12.2 Å². The van der Waals surface area contributed by atoms with Crippen LogP contribution in [0.4, 0.5) is 0 Å². The fourth-order valence-corrected chi connectivity index (χ4v) is 3.13. The van der Waals surface area contributed by atoms with Crippen LogP contribution < -0.4 is 11.5 Å². The lowest BCUT2D eigenvalue weighted by atomic mass is 10.0. The van der Waals surface area contributed by atoms with Gasteiger partial charge in [-0.2, -0.15) is 0 Å². The number of nitrogens with zero attached hydrogens (tertiary/aromatic N) is 1. The van der Waals surface area contributed by atoms with E-state index >= 15 is 0 Å². The van der Waals surface area contributed by atoms with E-state index in [1.807, 2.05) is 0 Å². The topological polar surface area (TPSA) is 175 Å². The van der Waals surface area contributed by atoms with Gasteiger partial charge in [0.1, 0.15) is 18.2 Å². The molecule has 0 aromatic carbocycles. The van der Waals surface area contributed by atoms with E-state index < -0.39 is 61.1 Å². The number of esters is 2. The van der Waals surface area contributed by atoms with Gasteiger partial charge in [-0.05, 0) is 12.8 Å². The average molecular weight is 453 g/mol. The van der Waals surface area contributed by atoms with Crippen molar-refractivity contribution in [1.29, 1.82) is 0 Å². The fourth-order valence-electron chi connectivity index (χ4n) is 3.13. The smallest absolute Gasteiger partial charge is 0.333 e. The lowest BCUT2D eigenvalue weighted by Crippen LogP contribution is -2.49. The van der Waals surface area contributed by atoms with Gasteiger partial charge < -0.3 is 40.8 Å². The third-order valence-electron chi connectivity index (χ3n) is 5.23. The largest absolute Gasteiger partial charge is 0.478 e. The lowest BCUT2D eigenvalue weighted by Gasteiger charge is -2.31. The molecule has 0 aliphatic carbocycles. The molecule has 0 unspecified atom stereocenters. The van der Waals surface area contributed by atoms with Crippen molar-refractivity contribution in [2.75, 3.05) is 6.61 Å². The Morgan fingerprint density at radius 3 is 2.41 bits per heavy atom. The number of carboxylic acids is 1. The normalized spacial score (nSPS) is 27.0. The molecule has 0 spiro atoms. The molecule has 2 aliphatic rings. The van der Waals surface area contributed by atoms with E-state index in [1.165, 1.54) is 11.1 Å². The van der Waals surface area contributed by atoms with Crippen LogP contribution in [0.1, 0.15) is 27.2 Å². The van der Waals surface area contributed by atoms with Crippen molar-refractivity contribution >= 4 is 17.9 Å². The molecule has 0 aromatic heterocycles. The molecule has 0 saturated carbocycles. The van der Waals surface area contributed by atoms with Gasteiger partial charge in [0.15, 0.2) is 18.4 Å². The van der Waals surface area contributed by atoms with Crippen molar-refractivity contribution in [3.63, 3.8) is 0 Å². The Hall–Kier alpha value is -2.73. The molecule has 32 heavy (non-hydrogen) atoms. The molecule has 1 fully saturated rings. The molecule has 0 bridgehead atoms. The number of nitrogens with two attached hydrogens (primary N) is 2. The van der Waals surface area contributed by atoms with E-state index in [-0.39, 0.29) is 17.9 Å². The van der Waals surface area contributed by atoms with Crippen LogP contribution in [0.5, 0.6) is 0 Å². The standard InChI is InChI=1S/C21H31N3O8/c1-10(2)14(22)20(28)31-16-13(9-25)30-18(17(16)32-21(29)15(23)11(3)4)24-7-5-6-12(8-24)19(26)27/h5,7-8,10,13-18,25H,3,6,9,22-23H2,1-2,4H3,(H,26,27)/t13-,14+,15+,16-,17-,18-/m1/s1. The van der Waals surface area contributed by atoms with Crippen molar-refractivity contribution in [3.8, 4) is 0 Å². The van der Waals surface area contributed by atoms with Gasteiger partial charge in [-0.3, -0.25) is 4.79 Å². The SMILES string of the molecule is C=C(C)[C@H](N)C(=O)O[C@@H]1[C@H](OC(=O)[C@@H](N)C(C)C)[C@@H](CO)O[C@H]1N1C=CCC(C(=O)O)=C1. The van der Waals surface area contributed by atoms with Gasteiger partial charge in [0, 0.05) is 18.8 Å². The molecule has 2 aliphatic heterocycles. The number of aliphatic carboxylic acids is 1. The Labute approximate surface area is 186 Å². The number of carbonyl (C=O) groups is 3. The summed E-state index contributed by atoms with van der Waals surface area (Å²) < 4.78 is 16.9. The Bertz CT molecular complexity index is 809. The summed E-state index contributed by atoms with van der Waals surface area (Å²) in [5.41, 5.74) is 12.1. The maximum Gasteiger partial charge on any atom is 0.333 e. The molecule has 11 nitrogen and oxygen atoms in total. The van der Waals surface area contributed by atoms with Gasteiger partial charge in [0.25, 0.3) is 0 Å². The summed E-state index contributed by atoms with van der Waals surface area (Å²) >= 11 is 0. The molecule has 6 atom stereocenters. The van der Waals surface area contributed by atoms with E-state index in [2.05, 4.69) is 6.58 Å². The van der Waals surface area contributed by atoms with Crippen LogP contribution >= 0.6 is 0 Å². The molecule has 2 heterocycles. The first-order valence-electron chi connectivity index (χ1n) is 10.2. The number of carboxylic acid groups (broad SMARTS) is 1. The third-order valence-corrected chi connectivity index (χ3v) is 5.23. The molecule has 0 radical (unpaired) electrons. The fraction of sp³-hybridized carbons (Fsp3) is 0.571. The minimum atomic E-state index is -1.23. The summed E-state index contributed by atoms with van der Waals surface area (Å²) in [6, 6.07) is -2.09. The van der Waals surface area contributed by atoms with Crippen LogP contribution in [0, 0.1) is 5.92 Å². The molecule has 11 heteroatoms. The zero-order valence-electron chi connectivity index (χ0n) is 18.3. The molecule has 0 aromatic rings. The summed E-state index contributed by atoms with van der Waals surface area (Å²) in [4.78, 5) is 37.9. The number of ether oxygens (including phenoxy) is 3. The number of carbonyl (C=O) groups excluding carboxylic acids is 2. The quantitative estimate of drug-likeness (QED) is 0.264. The highest BCUT2D eigenvalue weighted by atomic mass is 16.6. The Balaban J connectivity index is 2.38. The second-order valence-electron chi connectivity index (χ2n) is 8.14. The molecular weight excluding hydrogens is 422 g/mol. The second-order valence-corrected chi connectivity index (χ2v) is 8.14. The molecule has 178 valence electrons. The zero-order valence-corrected chi connectivity index (χ0v) is 18.3. The maximum atomic E-state index is 12.6. The first-order valence-corrected chi connectivity index (χ1v) is 10.2. The minimum absolute atomic E-state index is 0.0719. The Morgan fingerprint density at radius 2 is 1.88 bits per heavy atom. The number of hydrogen-bond acceptors (Lipinski definition) is 10. The van der Waals surface area contributed by atoms with E-state index in [0.717, 1.165) is 0 Å². The monoisotopic (exact) mass is 453 g/mol. The van der Waals surface area contributed by atoms with Crippen LogP contribution in [0.15, 0.2) is 36.2 Å². The summed E-state index contributed by atoms with van der Waals surface area (Å²) in [7, 11) is 0. The first kappa shape index (κ1) is 25.5. The van der Waals surface area contributed by atoms with Crippen molar-refractivity contribution in [2.45, 2.75) is 63.8 Å². The van der Waals surface area contributed by atoms with Crippen LogP contribution in [0.2, 0.25) is 0 Å². The number of rotatable bonds is 9. The maximum absolute atomic E-state index is 12.6. The van der Waals surface area contributed by atoms with E-state index in [9.17, 15) is 24.6 Å². The number of aliphatic hydroxyl groups is 1. The van der Waals surface area contributed by atoms with Crippen molar-refractivity contribution in [1.82, 2.24) is 4.90 Å². The predicted octanol–water partition coefficient (Wildman–Crippen LogP) is -0.398. The first-order chi connectivity index (χ1) is 15.0. The average Bonchev–Trinajstić information content (AvgIpc) is 3.09. The predicted molar refractivity (Wildman–Crippen MR) is 112 cm³/mol. The third kappa shape index (κ3) is 5.74. The second kappa shape index (κ2) is 10.7. The van der Waals surface area contributed by atoms with Gasteiger partial charge in [0.2, 0.25) is 0 Å².